The third-order valence-electron chi connectivity index (χ3n) is 3.13. The van der Waals surface area contributed by atoms with Crippen molar-refractivity contribution in [1.29, 1.82) is 0 Å². The fourth-order valence-electron chi connectivity index (χ4n) is 1.97. The van der Waals surface area contributed by atoms with E-state index in [9.17, 15) is 4.79 Å². The molecule has 0 saturated heterocycles. The van der Waals surface area contributed by atoms with Crippen molar-refractivity contribution in [2.45, 2.75) is 32.7 Å². The Labute approximate surface area is 129 Å². The van der Waals surface area contributed by atoms with E-state index in [1.807, 2.05) is 26.0 Å². The van der Waals surface area contributed by atoms with Crippen molar-refractivity contribution >= 4 is 5.91 Å². The summed E-state index contributed by atoms with van der Waals surface area (Å²) < 4.78 is 5.16. The van der Waals surface area contributed by atoms with Crippen molar-refractivity contribution in [3.05, 3.63) is 30.4 Å². The fourth-order valence-corrected chi connectivity index (χ4v) is 1.97. The molecule has 7 heteroatoms. The van der Waals surface area contributed by atoms with Gasteiger partial charge in [-0.05, 0) is 25.6 Å². The van der Waals surface area contributed by atoms with Gasteiger partial charge in [0.2, 0.25) is 17.6 Å². The molecule has 0 aromatic carbocycles. The summed E-state index contributed by atoms with van der Waals surface area (Å²) in [7, 11) is 0. The summed E-state index contributed by atoms with van der Waals surface area (Å²) >= 11 is 0. The van der Waals surface area contributed by atoms with Gasteiger partial charge in [0.25, 0.3) is 0 Å². The predicted molar refractivity (Wildman–Crippen MR) is 82.0 cm³/mol. The van der Waals surface area contributed by atoms with Crippen molar-refractivity contribution in [1.82, 2.24) is 25.8 Å². The van der Waals surface area contributed by atoms with E-state index in [1.165, 1.54) is 0 Å². The molecule has 22 heavy (non-hydrogen) atoms. The molecule has 0 saturated carbocycles. The molecule has 2 aromatic heterocycles. The van der Waals surface area contributed by atoms with Gasteiger partial charge in [0.15, 0.2) is 0 Å². The van der Waals surface area contributed by atoms with Crippen LogP contribution in [0.4, 0.5) is 0 Å². The average molecular weight is 303 g/mol. The van der Waals surface area contributed by atoms with Gasteiger partial charge < -0.3 is 15.2 Å². The van der Waals surface area contributed by atoms with Crippen LogP contribution >= 0.6 is 0 Å². The molecule has 0 aliphatic carbocycles. The molecule has 2 rings (SSSR count). The third-order valence-corrected chi connectivity index (χ3v) is 3.13. The Morgan fingerprint density at radius 1 is 1.36 bits per heavy atom. The summed E-state index contributed by atoms with van der Waals surface area (Å²) in [5, 5.41) is 10.0. The van der Waals surface area contributed by atoms with Gasteiger partial charge in [0.05, 0.1) is 0 Å². The second kappa shape index (κ2) is 8.23. The van der Waals surface area contributed by atoms with Crippen molar-refractivity contribution < 1.29 is 9.32 Å². The first-order valence-corrected chi connectivity index (χ1v) is 7.42. The van der Waals surface area contributed by atoms with Gasteiger partial charge in [-0.25, -0.2) is 0 Å². The number of carbonyl (C=O) groups is 1. The van der Waals surface area contributed by atoms with Crippen LogP contribution in [0, 0.1) is 0 Å². The third kappa shape index (κ3) is 4.92. The maximum atomic E-state index is 11.8. The first kappa shape index (κ1) is 16.1. The van der Waals surface area contributed by atoms with Crippen LogP contribution in [-0.4, -0.2) is 40.2 Å². The number of pyridine rings is 1. The van der Waals surface area contributed by atoms with Gasteiger partial charge in [0, 0.05) is 43.4 Å². The molecule has 1 atom stereocenters. The molecule has 7 nitrogen and oxygen atoms in total. The highest BCUT2D eigenvalue weighted by Gasteiger charge is 2.11. The Balaban J connectivity index is 1.78. The van der Waals surface area contributed by atoms with E-state index >= 15 is 0 Å². The van der Waals surface area contributed by atoms with Crippen LogP contribution in [-0.2, 0) is 11.2 Å². The minimum absolute atomic E-state index is 0.0200. The molecule has 0 radical (unpaired) electrons. The summed E-state index contributed by atoms with van der Waals surface area (Å²) in [5.41, 5.74) is 0.842. The Kier molecular flexibility index (Phi) is 6.02. The van der Waals surface area contributed by atoms with Crippen molar-refractivity contribution in [3.63, 3.8) is 0 Å². The number of hydrogen-bond donors (Lipinski definition) is 2. The van der Waals surface area contributed by atoms with Crippen LogP contribution < -0.4 is 10.6 Å². The number of amides is 1. The fraction of sp³-hybridized carbons (Fsp3) is 0.467. The van der Waals surface area contributed by atoms with E-state index in [-0.39, 0.29) is 11.9 Å². The molecule has 2 heterocycles. The topological polar surface area (TPSA) is 92.9 Å². The van der Waals surface area contributed by atoms with Crippen LogP contribution in [0.15, 0.2) is 29.0 Å². The Morgan fingerprint density at radius 3 is 2.86 bits per heavy atom. The Bertz CT molecular complexity index is 585. The molecule has 0 aliphatic heterocycles. The standard InChI is InChI=1S/C15H21N5O2/c1-3-17-11(2)10-18-13(21)4-5-14-19-15(20-22-14)12-6-8-16-9-7-12/h6-9,11,17H,3-5,10H2,1-2H3,(H,18,21)/t11-/m1/s1. The number of hydrogen-bond acceptors (Lipinski definition) is 6. The van der Waals surface area contributed by atoms with Gasteiger partial charge in [-0.3, -0.25) is 9.78 Å². The molecule has 0 aliphatic rings. The van der Waals surface area contributed by atoms with Gasteiger partial charge >= 0.3 is 0 Å². The van der Waals surface area contributed by atoms with Gasteiger partial charge in [-0.15, -0.1) is 0 Å². The molecule has 2 aromatic rings. The van der Waals surface area contributed by atoms with Crippen molar-refractivity contribution in [3.8, 4) is 11.4 Å². The maximum absolute atomic E-state index is 11.8. The van der Waals surface area contributed by atoms with Crippen LogP contribution in [0.25, 0.3) is 11.4 Å². The number of aryl methyl sites for hydroxylation is 1. The van der Waals surface area contributed by atoms with E-state index < -0.39 is 0 Å². The lowest BCUT2D eigenvalue weighted by Crippen LogP contribution is -2.38. The summed E-state index contributed by atoms with van der Waals surface area (Å²) in [6, 6.07) is 3.88. The zero-order valence-electron chi connectivity index (χ0n) is 12.9. The molecule has 0 fully saturated rings. The van der Waals surface area contributed by atoms with Crippen LogP contribution in [0.2, 0.25) is 0 Å². The molecular formula is C15H21N5O2. The van der Waals surface area contributed by atoms with E-state index in [2.05, 4.69) is 25.8 Å². The monoisotopic (exact) mass is 303 g/mol. The molecule has 0 unspecified atom stereocenters. The first-order chi connectivity index (χ1) is 10.7. The molecule has 2 N–H and O–H groups in total. The molecule has 0 bridgehead atoms. The van der Waals surface area contributed by atoms with Crippen LogP contribution in [0.1, 0.15) is 26.2 Å². The lowest BCUT2D eigenvalue weighted by atomic mass is 10.2. The van der Waals surface area contributed by atoms with E-state index in [0.717, 1.165) is 12.1 Å². The lowest BCUT2D eigenvalue weighted by Gasteiger charge is -2.12. The second-order valence-electron chi connectivity index (χ2n) is 5.01. The predicted octanol–water partition coefficient (Wildman–Crippen LogP) is 1.18. The van der Waals surface area contributed by atoms with Gasteiger partial charge in [-0.1, -0.05) is 12.1 Å². The van der Waals surface area contributed by atoms with E-state index in [4.69, 9.17) is 4.52 Å². The minimum Gasteiger partial charge on any atom is -0.355 e. The number of carbonyl (C=O) groups excluding carboxylic acids is 1. The van der Waals surface area contributed by atoms with Crippen molar-refractivity contribution in [2.24, 2.45) is 0 Å². The highest BCUT2D eigenvalue weighted by molar-refractivity contribution is 5.76. The highest BCUT2D eigenvalue weighted by Crippen LogP contribution is 2.14. The first-order valence-electron chi connectivity index (χ1n) is 7.42. The SMILES string of the molecule is CCN[C@H](C)CNC(=O)CCc1nc(-c2ccncc2)no1. The number of aromatic nitrogens is 3. The van der Waals surface area contributed by atoms with E-state index in [1.54, 1.807) is 12.4 Å². The summed E-state index contributed by atoms with van der Waals surface area (Å²) in [6.07, 6.45) is 4.10. The zero-order chi connectivity index (χ0) is 15.8. The number of nitrogens with one attached hydrogen (secondary N) is 2. The van der Waals surface area contributed by atoms with E-state index in [0.29, 0.717) is 31.1 Å². The summed E-state index contributed by atoms with van der Waals surface area (Å²) in [4.78, 5) is 20.0. The normalized spacial score (nSPS) is 12.1. The smallest absolute Gasteiger partial charge is 0.227 e. The lowest BCUT2D eigenvalue weighted by molar-refractivity contribution is -0.121. The maximum Gasteiger partial charge on any atom is 0.227 e. The number of rotatable bonds is 8. The zero-order valence-corrected chi connectivity index (χ0v) is 12.9. The molecule has 0 spiro atoms. The number of nitrogens with zero attached hydrogens (tertiary/aromatic N) is 3. The molecule has 118 valence electrons. The summed E-state index contributed by atoms with van der Waals surface area (Å²) in [6.45, 7) is 5.56. The summed E-state index contributed by atoms with van der Waals surface area (Å²) in [5.74, 6) is 0.952. The minimum atomic E-state index is -0.0200. The largest absolute Gasteiger partial charge is 0.355 e. The quantitative estimate of drug-likeness (QED) is 0.760. The van der Waals surface area contributed by atoms with Crippen LogP contribution in [0.3, 0.4) is 0 Å². The van der Waals surface area contributed by atoms with Crippen molar-refractivity contribution in [2.75, 3.05) is 13.1 Å². The van der Waals surface area contributed by atoms with Gasteiger partial charge in [0.1, 0.15) is 0 Å². The second-order valence-corrected chi connectivity index (χ2v) is 5.01. The highest BCUT2D eigenvalue weighted by atomic mass is 16.5. The Morgan fingerprint density at radius 2 is 2.14 bits per heavy atom. The Hall–Kier alpha value is -2.28. The molecule has 1 amide bonds. The average Bonchev–Trinajstić information content (AvgIpc) is 3.01. The van der Waals surface area contributed by atoms with Crippen LogP contribution in [0.5, 0.6) is 0 Å². The van der Waals surface area contributed by atoms with Gasteiger partial charge in [-0.2, -0.15) is 4.98 Å². The molecular weight excluding hydrogens is 282 g/mol. The number of likely N-dealkylation sites (N-methyl/N-ethyl adjacent to an activating group) is 1.